The molecule has 2 aromatic heterocycles. The smallest absolute Gasteiger partial charge is 0.258 e. The minimum atomic E-state index is -0.196. The third-order valence-electron chi connectivity index (χ3n) is 3.96. The predicted molar refractivity (Wildman–Crippen MR) is 106 cm³/mol. The molecule has 1 amide bonds. The Balaban J connectivity index is 0.000000278. The number of hydrogen-bond acceptors (Lipinski definition) is 6. The van der Waals surface area contributed by atoms with Crippen LogP contribution in [0, 0.1) is 6.92 Å². The average molecular weight is 370 g/mol. The molecule has 1 aliphatic rings. The van der Waals surface area contributed by atoms with Crippen molar-refractivity contribution in [1.82, 2.24) is 9.97 Å². The zero-order valence-corrected chi connectivity index (χ0v) is 15.5. The molecule has 0 radical (unpaired) electrons. The number of nitrogen functional groups attached to an aromatic ring is 1. The summed E-state index contributed by atoms with van der Waals surface area (Å²) in [6, 6.07) is 7.62. The van der Waals surface area contributed by atoms with Gasteiger partial charge in [-0.15, -0.1) is 11.3 Å². The van der Waals surface area contributed by atoms with E-state index in [9.17, 15) is 4.79 Å². The van der Waals surface area contributed by atoms with Crippen molar-refractivity contribution in [3.05, 3.63) is 47.0 Å². The highest BCUT2D eigenvalue weighted by Crippen LogP contribution is 2.25. The van der Waals surface area contributed by atoms with Gasteiger partial charge in [0.05, 0.1) is 22.0 Å². The van der Waals surface area contributed by atoms with Gasteiger partial charge in [-0.25, -0.2) is 9.97 Å². The number of nitrogens with one attached hydrogen (secondary N) is 1. The van der Waals surface area contributed by atoms with Gasteiger partial charge in [0.25, 0.3) is 5.91 Å². The summed E-state index contributed by atoms with van der Waals surface area (Å²) in [6.07, 6.45) is 5.56. The highest BCUT2D eigenvalue weighted by Gasteiger charge is 2.14. The van der Waals surface area contributed by atoms with Gasteiger partial charge in [0, 0.05) is 24.3 Å². The van der Waals surface area contributed by atoms with Crippen molar-refractivity contribution in [2.24, 2.45) is 0 Å². The summed E-state index contributed by atoms with van der Waals surface area (Å²) in [5, 5.41) is 4.62. The molecule has 1 aromatic carbocycles. The van der Waals surface area contributed by atoms with Crippen LogP contribution in [0.2, 0.25) is 0 Å². The van der Waals surface area contributed by atoms with Gasteiger partial charge in [0.1, 0.15) is 0 Å². The Morgan fingerprint density at radius 3 is 2.54 bits per heavy atom. The fraction of sp³-hybridized carbons (Fsp3) is 0.316. The van der Waals surface area contributed by atoms with Crippen molar-refractivity contribution in [3.8, 4) is 0 Å². The number of aryl methyl sites for hydroxylation is 1. The highest BCUT2D eigenvalue weighted by molar-refractivity contribution is 7.17. The lowest BCUT2D eigenvalue weighted by atomic mass is 10.2. The van der Waals surface area contributed by atoms with Gasteiger partial charge in [-0.1, -0.05) is 17.7 Å². The zero-order chi connectivity index (χ0) is 18.4. The molecular formula is C19H22N4O2S. The molecule has 136 valence electrons. The SMILES string of the molecule is C1CCOCC1.Cc1ccc(NC(=O)c2csc3cnc(N)nc23)cc1. The Bertz CT molecular complexity index is 861. The van der Waals surface area contributed by atoms with Gasteiger partial charge >= 0.3 is 0 Å². The Hall–Kier alpha value is -2.51. The van der Waals surface area contributed by atoms with Crippen LogP contribution in [-0.4, -0.2) is 29.1 Å². The number of carbonyl (C=O) groups is 1. The van der Waals surface area contributed by atoms with Gasteiger partial charge in [-0.3, -0.25) is 4.79 Å². The van der Waals surface area contributed by atoms with E-state index in [1.807, 2.05) is 31.2 Å². The summed E-state index contributed by atoms with van der Waals surface area (Å²) >= 11 is 1.42. The quantitative estimate of drug-likeness (QED) is 0.711. The van der Waals surface area contributed by atoms with Gasteiger partial charge in [0.15, 0.2) is 0 Å². The number of fused-ring (bicyclic) bond motifs is 1. The molecule has 26 heavy (non-hydrogen) atoms. The maximum Gasteiger partial charge on any atom is 0.258 e. The summed E-state index contributed by atoms with van der Waals surface area (Å²) in [7, 11) is 0. The molecule has 6 nitrogen and oxygen atoms in total. The lowest BCUT2D eigenvalue weighted by Crippen LogP contribution is -2.11. The molecular weight excluding hydrogens is 348 g/mol. The molecule has 7 heteroatoms. The fourth-order valence-corrected chi connectivity index (χ4v) is 3.37. The number of hydrogen-bond donors (Lipinski definition) is 2. The second-order valence-electron chi connectivity index (χ2n) is 6.08. The van der Waals surface area contributed by atoms with Crippen molar-refractivity contribution in [1.29, 1.82) is 0 Å². The topological polar surface area (TPSA) is 90.1 Å². The Morgan fingerprint density at radius 1 is 1.19 bits per heavy atom. The molecule has 3 N–H and O–H groups in total. The maximum absolute atomic E-state index is 12.3. The van der Waals surface area contributed by atoms with Crippen LogP contribution in [-0.2, 0) is 4.74 Å². The van der Waals surface area contributed by atoms with Gasteiger partial charge in [-0.2, -0.15) is 0 Å². The first-order valence-electron chi connectivity index (χ1n) is 8.59. The summed E-state index contributed by atoms with van der Waals surface area (Å²) in [5.74, 6) is -0.0292. The van der Waals surface area contributed by atoms with Crippen LogP contribution in [0.1, 0.15) is 35.2 Å². The normalized spacial score (nSPS) is 13.7. The molecule has 0 bridgehead atoms. The van der Waals surface area contributed by atoms with E-state index >= 15 is 0 Å². The number of thiophene rings is 1. The van der Waals surface area contributed by atoms with Crippen molar-refractivity contribution in [3.63, 3.8) is 0 Å². The lowest BCUT2D eigenvalue weighted by molar-refractivity contribution is 0.0968. The molecule has 1 aliphatic heterocycles. The first kappa shape index (κ1) is 18.3. The third kappa shape index (κ3) is 4.77. The monoisotopic (exact) mass is 370 g/mol. The second-order valence-corrected chi connectivity index (χ2v) is 6.99. The van der Waals surface area contributed by atoms with E-state index in [1.165, 1.54) is 30.6 Å². The standard InChI is InChI=1S/C14H12N4OS.C5H10O/c1-8-2-4-9(5-3-8)17-13(19)10-7-20-11-6-16-14(15)18-12(10)11;1-2-4-6-5-3-1/h2-7H,1H3,(H,17,19)(H2,15,16,18);1-5H2. The van der Waals surface area contributed by atoms with Crippen LogP contribution in [0.5, 0.6) is 0 Å². The number of aromatic nitrogens is 2. The van der Waals surface area contributed by atoms with E-state index in [0.29, 0.717) is 11.1 Å². The molecule has 0 unspecified atom stereocenters. The van der Waals surface area contributed by atoms with E-state index in [2.05, 4.69) is 15.3 Å². The predicted octanol–water partition coefficient (Wildman–Crippen LogP) is 4.02. The summed E-state index contributed by atoms with van der Waals surface area (Å²) in [5.41, 5.74) is 8.57. The van der Waals surface area contributed by atoms with Gasteiger partial charge in [-0.05, 0) is 38.3 Å². The number of benzene rings is 1. The minimum Gasteiger partial charge on any atom is -0.381 e. The largest absolute Gasteiger partial charge is 0.381 e. The zero-order valence-electron chi connectivity index (χ0n) is 14.7. The number of ether oxygens (including phenoxy) is 1. The second kappa shape index (κ2) is 8.73. The van der Waals surface area contributed by atoms with E-state index in [-0.39, 0.29) is 11.9 Å². The first-order valence-corrected chi connectivity index (χ1v) is 9.47. The number of anilines is 2. The third-order valence-corrected chi connectivity index (χ3v) is 4.87. The number of nitrogens with two attached hydrogens (primary N) is 1. The molecule has 3 aromatic rings. The summed E-state index contributed by atoms with van der Waals surface area (Å²) in [6.45, 7) is 4.00. The molecule has 1 saturated heterocycles. The van der Waals surface area contributed by atoms with E-state index in [0.717, 1.165) is 29.2 Å². The average Bonchev–Trinajstić information content (AvgIpc) is 3.09. The number of rotatable bonds is 2. The molecule has 0 aliphatic carbocycles. The van der Waals surface area contributed by atoms with Crippen LogP contribution < -0.4 is 11.1 Å². The number of nitrogens with zero attached hydrogens (tertiary/aromatic N) is 2. The molecule has 0 spiro atoms. The maximum atomic E-state index is 12.3. The van der Waals surface area contributed by atoms with Crippen molar-refractivity contribution >= 4 is 39.1 Å². The Labute approximate surface area is 156 Å². The molecule has 4 rings (SSSR count). The molecule has 0 saturated carbocycles. The molecule has 3 heterocycles. The van der Waals surface area contributed by atoms with Crippen molar-refractivity contribution < 1.29 is 9.53 Å². The van der Waals surface area contributed by atoms with Crippen molar-refractivity contribution in [2.75, 3.05) is 24.3 Å². The van der Waals surface area contributed by atoms with Gasteiger partial charge in [0.2, 0.25) is 5.95 Å². The number of amides is 1. The molecule has 0 atom stereocenters. The van der Waals surface area contributed by atoms with Crippen LogP contribution in [0.3, 0.4) is 0 Å². The lowest BCUT2D eigenvalue weighted by Gasteiger charge is -2.08. The Morgan fingerprint density at radius 2 is 1.92 bits per heavy atom. The summed E-state index contributed by atoms with van der Waals surface area (Å²) in [4.78, 5) is 20.3. The Kier molecular flexibility index (Phi) is 6.14. The summed E-state index contributed by atoms with van der Waals surface area (Å²) < 4.78 is 5.91. The molecule has 1 fully saturated rings. The van der Waals surface area contributed by atoms with Crippen LogP contribution >= 0.6 is 11.3 Å². The minimum absolute atomic E-state index is 0.167. The van der Waals surface area contributed by atoms with Gasteiger partial charge < -0.3 is 15.8 Å². The van der Waals surface area contributed by atoms with Crippen LogP contribution in [0.25, 0.3) is 10.2 Å². The number of carbonyl (C=O) groups excluding carboxylic acids is 1. The van der Waals surface area contributed by atoms with E-state index in [1.54, 1.807) is 11.6 Å². The van der Waals surface area contributed by atoms with E-state index < -0.39 is 0 Å². The van der Waals surface area contributed by atoms with Crippen molar-refractivity contribution in [2.45, 2.75) is 26.2 Å². The van der Waals surface area contributed by atoms with Crippen LogP contribution in [0.4, 0.5) is 11.6 Å². The fourth-order valence-electron chi connectivity index (χ4n) is 2.53. The highest BCUT2D eigenvalue weighted by atomic mass is 32.1. The van der Waals surface area contributed by atoms with E-state index in [4.69, 9.17) is 10.5 Å². The van der Waals surface area contributed by atoms with Crippen LogP contribution in [0.15, 0.2) is 35.8 Å². The first-order chi connectivity index (χ1) is 12.6.